The lowest BCUT2D eigenvalue weighted by molar-refractivity contribution is -0.120. The van der Waals surface area contributed by atoms with E-state index in [2.05, 4.69) is 29.4 Å². The van der Waals surface area contributed by atoms with Crippen molar-refractivity contribution in [1.82, 2.24) is 10.3 Å². The molecule has 0 unspecified atom stereocenters. The van der Waals surface area contributed by atoms with E-state index in [1.807, 2.05) is 47.8 Å². The highest BCUT2D eigenvalue weighted by Crippen LogP contribution is 2.30. The summed E-state index contributed by atoms with van der Waals surface area (Å²) in [6.45, 7) is 2.72. The highest BCUT2D eigenvalue weighted by Gasteiger charge is 2.12. The molecule has 1 N–H and O–H groups in total. The van der Waals surface area contributed by atoms with Crippen LogP contribution < -0.4 is 5.32 Å². The van der Waals surface area contributed by atoms with Gasteiger partial charge in [0.05, 0.1) is 17.1 Å². The summed E-state index contributed by atoms with van der Waals surface area (Å²) in [6, 6.07) is 17.8. The summed E-state index contributed by atoms with van der Waals surface area (Å²) in [4.78, 5) is 16.7. The van der Waals surface area contributed by atoms with Crippen LogP contribution in [-0.2, 0) is 11.2 Å². The minimum Gasteiger partial charge on any atom is -0.355 e. The summed E-state index contributed by atoms with van der Waals surface area (Å²) < 4.78 is 0. The first-order chi connectivity index (χ1) is 12.1. The molecule has 0 bridgehead atoms. The predicted molar refractivity (Wildman–Crippen MR) is 104 cm³/mol. The van der Waals surface area contributed by atoms with Gasteiger partial charge in [-0.2, -0.15) is 0 Å². The highest BCUT2D eigenvalue weighted by molar-refractivity contribution is 7.13. The number of rotatable bonds is 6. The first kappa shape index (κ1) is 17.6. The molecule has 5 heteroatoms. The Morgan fingerprint density at radius 3 is 2.64 bits per heavy atom. The number of amides is 1. The van der Waals surface area contributed by atoms with Crippen LogP contribution in [-0.4, -0.2) is 17.4 Å². The van der Waals surface area contributed by atoms with Crippen LogP contribution in [0, 0.1) is 0 Å². The van der Waals surface area contributed by atoms with Crippen molar-refractivity contribution < 1.29 is 4.79 Å². The second-order valence-corrected chi connectivity index (χ2v) is 7.18. The molecule has 0 spiro atoms. The summed E-state index contributed by atoms with van der Waals surface area (Å²) in [6.07, 6.45) is 0.280. The van der Waals surface area contributed by atoms with Crippen molar-refractivity contribution in [3.63, 3.8) is 0 Å². The standard InChI is InChI=1S/C20H19ClN2OS/c1-14(15-7-3-2-4-8-15)12-22-19(24)11-16-13-25-20(23-16)17-9-5-6-10-18(17)21/h2-10,13-14H,11-12H2,1H3,(H,22,24)/t14-/m0/s1. The minimum absolute atomic E-state index is 0.0150. The second kappa shape index (κ2) is 8.28. The lowest BCUT2D eigenvalue weighted by Crippen LogP contribution is -2.28. The molecule has 0 saturated heterocycles. The molecule has 1 amide bonds. The van der Waals surface area contributed by atoms with Crippen molar-refractivity contribution in [2.75, 3.05) is 6.54 Å². The normalized spacial score (nSPS) is 11.9. The smallest absolute Gasteiger partial charge is 0.226 e. The Hall–Kier alpha value is -2.17. The van der Waals surface area contributed by atoms with Crippen molar-refractivity contribution in [1.29, 1.82) is 0 Å². The lowest BCUT2D eigenvalue weighted by atomic mass is 10.0. The Kier molecular flexibility index (Phi) is 5.84. The molecule has 3 rings (SSSR count). The van der Waals surface area contributed by atoms with Crippen LogP contribution in [0.5, 0.6) is 0 Å². The molecule has 0 aliphatic carbocycles. The number of benzene rings is 2. The maximum absolute atomic E-state index is 12.2. The third-order valence-electron chi connectivity index (χ3n) is 3.97. The largest absolute Gasteiger partial charge is 0.355 e. The molecule has 0 radical (unpaired) electrons. The van der Waals surface area contributed by atoms with Gasteiger partial charge < -0.3 is 5.32 Å². The number of nitrogens with zero attached hydrogens (tertiary/aromatic N) is 1. The number of hydrogen-bond donors (Lipinski definition) is 1. The molecule has 25 heavy (non-hydrogen) atoms. The van der Waals surface area contributed by atoms with Crippen LogP contribution in [0.2, 0.25) is 5.02 Å². The summed E-state index contributed by atoms with van der Waals surface area (Å²) in [5.74, 6) is 0.262. The molecular weight excluding hydrogens is 352 g/mol. The molecule has 3 nitrogen and oxygen atoms in total. The number of aromatic nitrogens is 1. The summed E-state index contributed by atoms with van der Waals surface area (Å²) in [5.41, 5.74) is 2.89. The van der Waals surface area contributed by atoms with Gasteiger partial charge in [-0.3, -0.25) is 4.79 Å². The van der Waals surface area contributed by atoms with E-state index in [1.165, 1.54) is 16.9 Å². The van der Waals surface area contributed by atoms with Gasteiger partial charge in [-0.05, 0) is 17.5 Å². The van der Waals surface area contributed by atoms with E-state index in [0.717, 1.165) is 16.3 Å². The molecule has 0 aliphatic heterocycles. The molecule has 128 valence electrons. The van der Waals surface area contributed by atoms with E-state index in [0.29, 0.717) is 11.6 Å². The van der Waals surface area contributed by atoms with Crippen molar-refractivity contribution in [2.24, 2.45) is 0 Å². The van der Waals surface area contributed by atoms with Gasteiger partial charge in [-0.25, -0.2) is 4.98 Å². The van der Waals surface area contributed by atoms with Crippen LogP contribution in [0.4, 0.5) is 0 Å². The van der Waals surface area contributed by atoms with E-state index in [4.69, 9.17) is 11.6 Å². The molecule has 3 aromatic rings. The monoisotopic (exact) mass is 370 g/mol. The van der Waals surface area contributed by atoms with Crippen LogP contribution in [0.25, 0.3) is 10.6 Å². The lowest BCUT2D eigenvalue weighted by Gasteiger charge is -2.12. The van der Waals surface area contributed by atoms with E-state index >= 15 is 0 Å². The van der Waals surface area contributed by atoms with Crippen LogP contribution in [0.3, 0.4) is 0 Å². The van der Waals surface area contributed by atoms with E-state index in [1.54, 1.807) is 0 Å². The molecule has 0 aliphatic rings. The fraction of sp³-hybridized carbons (Fsp3) is 0.200. The molecular formula is C20H19ClN2OS. The van der Waals surface area contributed by atoms with E-state index in [9.17, 15) is 4.79 Å². The van der Waals surface area contributed by atoms with Gasteiger partial charge in [0.25, 0.3) is 0 Å². The summed E-state index contributed by atoms with van der Waals surface area (Å²) >= 11 is 7.71. The average molecular weight is 371 g/mol. The maximum Gasteiger partial charge on any atom is 0.226 e. The van der Waals surface area contributed by atoms with E-state index < -0.39 is 0 Å². The first-order valence-corrected chi connectivity index (χ1v) is 9.40. The Morgan fingerprint density at radius 1 is 1.16 bits per heavy atom. The van der Waals surface area contributed by atoms with Crippen molar-refractivity contribution in [3.8, 4) is 10.6 Å². The number of carbonyl (C=O) groups excluding carboxylic acids is 1. The highest BCUT2D eigenvalue weighted by atomic mass is 35.5. The third kappa shape index (κ3) is 4.68. The van der Waals surface area contributed by atoms with Crippen molar-refractivity contribution >= 4 is 28.8 Å². The van der Waals surface area contributed by atoms with Crippen LogP contribution >= 0.6 is 22.9 Å². The zero-order chi connectivity index (χ0) is 17.6. The van der Waals surface area contributed by atoms with Crippen LogP contribution in [0.1, 0.15) is 24.1 Å². The SMILES string of the molecule is C[C@@H](CNC(=O)Cc1csc(-c2ccccc2Cl)n1)c1ccccc1. The number of thiazole rings is 1. The Bertz CT molecular complexity index is 848. The molecule has 1 heterocycles. The quantitative estimate of drug-likeness (QED) is 0.668. The zero-order valence-electron chi connectivity index (χ0n) is 13.9. The van der Waals surface area contributed by atoms with Crippen LogP contribution in [0.15, 0.2) is 60.0 Å². The predicted octanol–water partition coefficient (Wildman–Crippen LogP) is 4.93. The first-order valence-electron chi connectivity index (χ1n) is 8.14. The molecule has 2 aromatic carbocycles. The van der Waals surface area contributed by atoms with Gasteiger partial charge in [0.1, 0.15) is 5.01 Å². The van der Waals surface area contributed by atoms with E-state index in [-0.39, 0.29) is 18.2 Å². The zero-order valence-corrected chi connectivity index (χ0v) is 15.5. The van der Waals surface area contributed by atoms with Crippen molar-refractivity contribution in [3.05, 3.63) is 76.3 Å². The fourth-order valence-corrected chi connectivity index (χ4v) is 3.68. The van der Waals surface area contributed by atoms with Gasteiger partial charge in [0, 0.05) is 17.5 Å². The number of hydrogen-bond acceptors (Lipinski definition) is 3. The summed E-state index contributed by atoms with van der Waals surface area (Å²) in [7, 11) is 0. The number of carbonyl (C=O) groups is 1. The topological polar surface area (TPSA) is 42.0 Å². The van der Waals surface area contributed by atoms with Crippen molar-refractivity contribution in [2.45, 2.75) is 19.3 Å². The average Bonchev–Trinajstić information content (AvgIpc) is 3.09. The molecule has 1 atom stereocenters. The Labute approximate surface area is 156 Å². The summed E-state index contributed by atoms with van der Waals surface area (Å²) in [5, 5.41) is 6.41. The number of nitrogens with one attached hydrogen (secondary N) is 1. The fourth-order valence-electron chi connectivity index (χ4n) is 2.54. The minimum atomic E-state index is -0.0150. The maximum atomic E-state index is 12.2. The van der Waals surface area contributed by atoms with Gasteiger partial charge in [0.2, 0.25) is 5.91 Å². The Morgan fingerprint density at radius 2 is 1.88 bits per heavy atom. The van der Waals surface area contributed by atoms with Gasteiger partial charge >= 0.3 is 0 Å². The Balaban J connectivity index is 1.56. The second-order valence-electron chi connectivity index (χ2n) is 5.92. The molecule has 0 fully saturated rings. The molecule has 0 saturated carbocycles. The number of halogens is 1. The van der Waals surface area contributed by atoms with Gasteiger partial charge in [-0.15, -0.1) is 11.3 Å². The third-order valence-corrected chi connectivity index (χ3v) is 5.23. The van der Waals surface area contributed by atoms with Gasteiger partial charge in [-0.1, -0.05) is 67.1 Å². The van der Waals surface area contributed by atoms with Gasteiger partial charge in [0.15, 0.2) is 0 Å². The molecule has 1 aromatic heterocycles.